The molecule has 0 fully saturated rings. The molecule has 0 spiro atoms. The molecular formula is C19H25FN2O. The van der Waals surface area contributed by atoms with E-state index in [1.165, 1.54) is 25.2 Å². The molecule has 1 heterocycles. The Hall–Kier alpha value is -1.97. The molecule has 2 aromatic rings. The van der Waals surface area contributed by atoms with E-state index in [0.29, 0.717) is 18.7 Å². The first-order valence-corrected chi connectivity index (χ1v) is 8.43. The number of aryl methyl sites for hydroxylation is 1. The smallest absolute Gasteiger partial charge is 0.159 e. The van der Waals surface area contributed by atoms with Crippen molar-refractivity contribution in [2.24, 2.45) is 0 Å². The zero-order chi connectivity index (χ0) is 16.5. The Kier molecular flexibility index (Phi) is 6.98. The normalized spacial score (nSPS) is 12.3. The average Bonchev–Trinajstić information content (AvgIpc) is 2.58. The Morgan fingerprint density at radius 3 is 2.35 bits per heavy atom. The maximum absolute atomic E-state index is 13.9. The van der Waals surface area contributed by atoms with Crippen LogP contribution in [0.25, 0.3) is 11.4 Å². The summed E-state index contributed by atoms with van der Waals surface area (Å²) in [4.78, 5) is 8.16. The molecule has 0 aliphatic heterocycles. The summed E-state index contributed by atoms with van der Waals surface area (Å²) < 4.78 is 13.9. The summed E-state index contributed by atoms with van der Waals surface area (Å²) in [6.07, 6.45) is 8.59. The van der Waals surface area contributed by atoms with Crippen LogP contribution in [0.3, 0.4) is 0 Å². The van der Waals surface area contributed by atoms with Crippen LogP contribution >= 0.6 is 0 Å². The van der Waals surface area contributed by atoms with Gasteiger partial charge in [0.05, 0.1) is 12.4 Å². The predicted octanol–water partition coefficient (Wildman–Crippen LogP) is 5.09. The van der Waals surface area contributed by atoms with Gasteiger partial charge in [-0.2, -0.15) is 0 Å². The molecule has 2 rings (SSSR count). The minimum atomic E-state index is -0.702. The van der Waals surface area contributed by atoms with Crippen molar-refractivity contribution < 1.29 is 9.50 Å². The third-order valence-electron chi connectivity index (χ3n) is 3.97. The minimum absolute atomic E-state index is 0.0540. The number of nitrogens with zero attached hydrogens (tertiary/aromatic N) is 2. The molecule has 124 valence electrons. The van der Waals surface area contributed by atoms with E-state index in [1.807, 2.05) is 24.3 Å². The Bertz CT molecular complexity index is 569. The molecular weight excluding hydrogens is 291 g/mol. The first kappa shape index (κ1) is 17.4. The molecule has 0 unspecified atom stereocenters. The van der Waals surface area contributed by atoms with E-state index < -0.39 is 6.17 Å². The molecule has 1 N–H and O–H groups in total. The highest BCUT2D eigenvalue weighted by atomic mass is 19.1. The summed E-state index contributed by atoms with van der Waals surface area (Å²) in [5.74, 6) is 0.631. The quantitative estimate of drug-likeness (QED) is 0.655. The van der Waals surface area contributed by atoms with E-state index in [1.54, 1.807) is 0 Å². The van der Waals surface area contributed by atoms with Gasteiger partial charge < -0.3 is 5.11 Å². The molecule has 4 heteroatoms. The lowest BCUT2D eigenvalue weighted by atomic mass is 10.0. The highest BCUT2D eigenvalue weighted by Gasteiger charge is 2.07. The number of aromatic hydroxyl groups is 1. The van der Waals surface area contributed by atoms with Gasteiger partial charge in [0.1, 0.15) is 6.17 Å². The van der Waals surface area contributed by atoms with E-state index in [0.717, 1.165) is 30.4 Å². The highest BCUT2D eigenvalue weighted by molar-refractivity contribution is 5.55. The zero-order valence-electron chi connectivity index (χ0n) is 13.7. The van der Waals surface area contributed by atoms with Crippen LogP contribution in [0.4, 0.5) is 4.39 Å². The molecule has 0 radical (unpaired) electrons. The van der Waals surface area contributed by atoms with Gasteiger partial charge in [0.25, 0.3) is 0 Å². The molecule has 0 aliphatic rings. The largest absolute Gasteiger partial charge is 0.505 e. The first-order valence-electron chi connectivity index (χ1n) is 8.43. The number of alkyl halides is 1. The summed E-state index contributed by atoms with van der Waals surface area (Å²) in [6.45, 7) is 2.17. The second-order valence-electron chi connectivity index (χ2n) is 5.95. The Morgan fingerprint density at radius 1 is 1.00 bits per heavy atom. The van der Waals surface area contributed by atoms with Crippen molar-refractivity contribution in [3.05, 3.63) is 42.2 Å². The third-order valence-corrected chi connectivity index (χ3v) is 3.97. The number of rotatable bonds is 9. The van der Waals surface area contributed by atoms with Crippen LogP contribution in [0.5, 0.6) is 5.75 Å². The third kappa shape index (κ3) is 5.97. The Labute approximate surface area is 137 Å². The van der Waals surface area contributed by atoms with Crippen molar-refractivity contribution in [1.29, 1.82) is 0 Å². The van der Waals surface area contributed by atoms with Gasteiger partial charge in [-0.1, -0.05) is 56.9 Å². The van der Waals surface area contributed by atoms with Crippen molar-refractivity contribution in [2.75, 3.05) is 0 Å². The minimum Gasteiger partial charge on any atom is -0.505 e. The number of hydrogen-bond donors (Lipinski definition) is 1. The van der Waals surface area contributed by atoms with Gasteiger partial charge >= 0.3 is 0 Å². The van der Waals surface area contributed by atoms with Crippen molar-refractivity contribution in [3.63, 3.8) is 0 Å². The molecule has 23 heavy (non-hydrogen) atoms. The number of aromatic nitrogens is 2. The van der Waals surface area contributed by atoms with Gasteiger partial charge in [0.15, 0.2) is 11.6 Å². The van der Waals surface area contributed by atoms with Crippen LogP contribution < -0.4 is 0 Å². The summed E-state index contributed by atoms with van der Waals surface area (Å²) in [5.41, 5.74) is 2.02. The van der Waals surface area contributed by atoms with Crippen LogP contribution in [0, 0.1) is 0 Å². The fourth-order valence-electron chi connectivity index (χ4n) is 2.55. The van der Waals surface area contributed by atoms with E-state index in [2.05, 4.69) is 16.9 Å². The van der Waals surface area contributed by atoms with Crippen molar-refractivity contribution >= 4 is 0 Å². The number of hydrogen-bond acceptors (Lipinski definition) is 3. The SMILES string of the molecule is CCCCCC[C@@H](F)CCc1ccc(-c2ncc(O)cn2)cc1. The molecule has 0 aliphatic carbocycles. The molecule has 0 amide bonds. The predicted molar refractivity (Wildman–Crippen MR) is 91.1 cm³/mol. The fourth-order valence-corrected chi connectivity index (χ4v) is 2.55. The van der Waals surface area contributed by atoms with Gasteiger partial charge in [-0.15, -0.1) is 0 Å². The van der Waals surface area contributed by atoms with Gasteiger partial charge in [-0.25, -0.2) is 14.4 Å². The van der Waals surface area contributed by atoms with Crippen molar-refractivity contribution in [1.82, 2.24) is 9.97 Å². The second-order valence-corrected chi connectivity index (χ2v) is 5.95. The van der Waals surface area contributed by atoms with Crippen molar-refractivity contribution in [3.8, 4) is 17.1 Å². The van der Waals surface area contributed by atoms with Crippen LogP contribution in [0.2, 0.25) is 0 Å². The number of unbranched alkanes of at least 4 members (excludes halogenated alkanes) is 3. The average molecular weight is 316 g/mol. The summed E-state index contributed by atoms with van der Waals surface area (Å²) in [6, 6.07) is 7.87. The van der Waals surface area contributed by atoms with Gasteiger partial charge in [-0.05, 0) is 24.8 Å². The van der Waals surface area contributed by atoms with E-state index in [9.17, 15) is 9.50 Å². The molecule has 1 aromatic heterocycles. The van der Waals surface area contributed by atoms with E-state index in [-0.39, 0.29) is 5.75 Å². The molecule has 0 saturated heterocycles. The van der Waals surface area contributed by atoms with Crippen molar-refractivity contribution in [2.45, 2.75) is 58.0 Å². The lowest BCUT2D eigenvalue weighted by Gasteiger charge is -2.08. The van der Waals surface area contributed by atoms with E-state index in [4.69, 9.17) is 0 Å². The summed E-state index contributed by atoms with van der Waals surface area (Å²) in [5, 5.41) is 9.20. The van der Waals surface area contributed by atoms with Crippen LogP contribution in [0.15, 0.2) is 36.7 Å². The van der Waals surface area contributed by atoms with Crippen LogP contribution in [-0.4, -0.2) is 21.2 Å². The first-order chi connectivity index (χ1) is 11.2. The zero-order valence-corrected chi connectivity index (χ0v) is 13.7. The van der Waals surface area contributed by atoms with Crippen LogP contribution in [0.1, 0.15) is 51.0 Å². The molecule has 1 aromatic carbocycles. The molecule has 0 bridgehead atoms. The molecule has 0 saturated carbocycles. The Morgan fingerprint density at radius 2 is 1.70 bits per heavy atom. The highest BCUT2D eigenvalue weighted by Crippen LogP contribution is 2.19. The molecule has 1 atom stereocenters. The maximum atomic E-state index is 13.9. The Balaban J connectivity index is 1.79. The van der Waals surface area contributed by atoms with Gasteiger partial charge in [-0.3, -0.25) is 0 Å². The maximum Gasteiger partial charge on any atom is 0.159 e. The number of halogens is 1. The van der Waals surface area contributed by atoms with Gasteiger partial charge in [0.2, 0.25) is 0 Å². The topological polar surface area (TPSA) is 46.0 Å². The summed E-state index contributed by atoms with van der Waals surface area (Å²) in [7, 11) is 0. The number of benzene rings is 1. The lowest BCUT2D eigenvalue weighted by Crippen LogP contribution is -2.02. The van der Waals surface area contributed by atoms with Crippen LogP contribution in [-0.2, 0) is 6.42 Å². The lowest BCUT2D eigenvalue weighted by molar-refractivity contribution is 0.288. The summed E-state index contributed by atoms with van der Waals surface area (Å²) >= 11 is 0. The standard InChI is InChI=1S/C19H25FN2O/c1-2-3-4-5-6-17(20)12-9-15-7-10-16(11-8-15)19-21-13-18(23)14-22-19/h7-8,10-11,13-14,17,23H,2-6,9,12H2,1H3/t17-/m1/s1. The van der Waals surface area contributed by atoms with E-state index >= 15 is 0 Å². The monoisotopic (exact) mass is 316 g/mol. The van der Waals surface area contributed by atoms with Gasteiger partial charge in [0, 0.05) is 5.56 Å². The molecule has 3 nitrogen and oxygen atoms in total. The second kappa shape index (κ2) is 9.23. The fraction of sp³-hybridized carbons (Fsp3) is 0.474.